The summed E-state index contributed by atoms with van der Waals surface area (Å²) in [5.74, 6) is 0.722. The second-order valence-corrected chi connectivity index (χ2v) is 5.13. The molecule has 2 aromatic carbocycles. The van der Waals surface area contributed by atoms with Crippen molar-refractivity contribution in [3.8, 4) is 5.75 Å². The minimum absolute atomic E-state index is 0.0359. The number of benzene rings is 2. The number of ether oxygens (including phenoxy) is 1. The second-order valence-electron chi connectivity index (χ2n) is 5.13. The fourth-order valence-corrected chi connectivity index (χ4v) is 2.23. The fraction of sp³-hybridized carbons (Fsp3) is 0.294. The molecule has 6 heteroatoms. The van der Waals surface area contributed by atoms with E-state index < -0.39 is 4.92 Å². The van der Waals surface area contributed by atoms with Gasteiger partial charge in [0.15, 0.2) is 0 Å². The van der Waals surface area contributed by atoms with Crippen molar-refractivity contribution in [3.63, 3.8) is 0 Å². The number of nitro benzene ring substituents is 1. The van der Waals surface area contributed by atoms with Crippen LogP contribution in [0.25, 0.3) is 0 Å². The first kappa shape index (κ1) is 16.9. The van der Waals surface area contributed by atoms with Crippen LogP contribution in [0.15, 0.2) is 48.5 Å². The third kappa shape index (κ3) is 4.77. The first-order chi connectivity index (χ1) is 11.1. The van der Waals surface area contributed by atoms with Crippen molar-refractivity contribution < 1.29 is 14.8 Å². The number of nitrogens with zero attached hydrogens (tertiary/aromatic N) is 1. The molecule has 1 unspecified atom stereocenters. The Balaban J connectivity index is 2.03. The van der Waals surface area contributed by atoms with Gasteiger partial charge in [-0.15, -0.1) is 0 Å². The van der Waals surface area contributed by atoms with Gasteiger partial charge in [-0.25, -0.2) is 0 Å². The van der Waals surface area contributed by atoms with Crippen molar-refractivity contribution in [1.29, 1.82) is 0 Å². The van der Waals surface area contributed by atoms with E-state index in [1.54, 1.807) is 12.1 Å². The molecule has 0 saturated carbocycles. The van der Waals surface area contributed by atoms with Crippen LogP contribution in [0, 0.1) is 10.1 Å². The van der Waals surface area contributed by atoms with Gasteiger partial charge in [0.05, 0.1) is 11.5 Å². The molecule has 6 nitrogen and oxygen atoms in total. The van der Waals surface area contributed by atoms with Crippen molar-refractivity contribution in [3.05, 3.63) is 69.8 Å². The Kier molecular flexibility index (Phi) is 6.08. The van der Waals surface area contributed by atoms with Crippen LogP contribution in [0.2, 0.25) is 0 Å². The number of non-ortho nitro benzene ring substituents is 1. The highest BCUT2D eigenvalue weighted by Crippen LogP contribution is 2.21. The Hall–Kier alpha value is -2.44. The SMILES string of the molecule is CC(NCc1ccccc1OCCO)c1cccc([N+](=O)[O-])c1. The molecule has 23 heavy (non-hydrogen) atoms. The molecule has 0 amide bonds. The van der Waals surface area contributed by atoms with Gasteiger partial charge in [-0.3, -0.25) is 10.1 Å². The Morgan fingerprint density at radius 2 is 2.04 bits per heavy atom. The van der Waals surface area contributed by atoms with Crippen LogP contribution in [0.4, 0.5) is 5.69 Å². The molecule has 122 valence electrons. The van der Waals surface area contributed by atoms with Gasteiger partial charge in [0.1, 0.15) is 12.4 Å². The van der Waals surface area contributed by atoms with E-state index in [1.807, 2.05) is 37.3 Å². The highest BCUT2D eigenvalue weighted by Gasteiger charge is 2.11. The molecule has 2 rings (SSSR count). The summed E-state index contributed by atoms with van der Waals surface area (Å²) in [6.45, 7) is 2.73. The third-order valence-electron chi connectivity index (χ3n) is 3.50. The molecule has 0 heterocycles. The van der Waals surface area contributed by atoms with Crippen LogP contribution in [0.5, 0.6) is 5.75 Å². The number of aliphatic hydroxyl groups excluding tert-OH is 1. The van der Waals surface area contributed by atoms with Gasteiger partial charge in [0, 0.05) is 30.3 Å². The number of para-hydroxylation sites is 1. The van der Waals surface area contributed by atoms with Gasteiger partial charge in [0.2, 0.25) is 0 Å². The zero-order valence-electron chi connectivity index (χ0n) is 12.9. The number of rotatable bonds is 8. The van der Waals surface area contributed by atoms with Gasteiger partial charge < -0.3 is 15.2 Å². The van der Waals surface area contributed by atoms with Crippen molar-refractivity contribution in [2.24, 2.45) is 0 Å². The van der Waals surface area contributed by atoms with Crippen molar-refractivity contribution in [1.82, 2.24) is 5.32 Å². The molecule has 0 aliphatic carbocycles. The van der Waals surface area contributed by atoms with Gasteiger partial charge in [-0.05, 0) is 18.6 Å². The summed E-state index contributed by atoms with van der Waals surface area (Å²) in [7, 11) is 0. The first-order valence-electron chi connectivity index (χ1n) is 7.41. The minimum Gasteiger partial charge on any atom is -0.491 e. The van der Waals surface area contributed by atoms with Crippen LogP contribution in [0.3, 0.4) is 0 Å². The van der Waals surface area contributed by atoms with Gasteiger partial charge in [-0.1, -0.05) is 30.3 Å². The number of hydrogen-bond acceptors (Lipinski definition) is 5. The first-order valence-corrected chi connectivity index (χ1v) is 7.41. The molecule has 0 spiro atoms. The van der Waals surface area contributed by atoms with E-state index in [9.17, 15) is 10.1 Å². The van der Waals surface area contributed by atoms with E-state index in [2.05, 4.69) is 5.32 Å². The van der Waals surface area contributed by atoms with Crippen molar-refractivity contribution in [2.75, 3.05) is 13.2 Å². The molecule has 0 bridgehead atoms. The molecule has 0 fully saturated rings. The number of nitro groups is 1. The van der Waals surface area contributed by atoms with Crippen molar-refractivity contribution >= 4 is 5.69 Å². The lowest BCUT2D eigenvalue weighted by Crippen LogP contribution is -2.19. The molecule has 1 atom stereocenters. The fourth-order valence-electron chi connectivity index (χ4n) is 2.23. The van der Waals surface area contributed by atoms with E-state index in [-0.39, 0.29) is 24.9 Å². The Morgan fingerprint density at radius 3 is 2.78 bits per heavy atom. The summed E-state index contributed by atoms with van der Waals surface area (Å²) in [6, 6.07) is 14.1. The van der Waals surface area contributed by atoms with E-state index in [4.69, 9.17) is 9.84 Å². The van der Waals surface area contributed by atoms with Gasteiger partial charge in [0.25, 0.3) is 5.69 Å². The Labute approximate surface area is 134 Å². The third-order valence-corrected chi connectivity index (χ3v) is 3.50. The zero-order chi connectivity index (χ0) is 16.7. The average molecular weight is 316 g/mol. The monoisotopic (exact) mass is 316 g/mol. The molecule has 0 saturated heterocycles. The van der Waals surface area contributed by atoms with Gasteiger partial charge >= 0.3 is 0 Å². The van der Waals surface area contributed by atoms with Crippen LogP contribution in [-0.2, 0) is 6.54 Å². The van der Waals surface area contributed by atoms with E-state index in [1.165, 1.54) is 6.07 Å². The largest absolute Gasteiger partial charge is 0.491 e. The summed E-state index contributed by atoms with van der Waals surface area (Å²) in [5.41, 5.74) is 1.91. The molecule has 2 N–H and O–H groups in total. The van der Waals surface area contributed by atoms with Crippen LogP contribution in [0.1, 0.15) is 24.1 Å². The maximum Gasteiger partial charge on any atom is 0.269 e. The highest BCUT2D eigenvalue weighted by molar-refractivity contribution is 5.36. The minimum atomic E-state index is -0.395. The quantitative estimate of drug-likeness (QED) is 0.578. The molecular weight excluding hydrogens is 296 g/mol. The lowest BCUT2D eigenvalue weighted by molar-refractivity contribution is -0.384. The van der Waals surface area contributed by atoms with Crippen LogP contribution in [-0.4, -0.2) is 23.2 Å². The summed E-state index contributed by atoms with van der Waals surface area (Å²) in [6.07, 6.45) is 0. The van der Waals surface area contributed by atoms with E-state index >= 15 is 0 Å². The molecule has 0 aliphatic rings. The zero-order valence-corrected chi connectivity index (χ0v) is 12.9. The van der Waals surface area contributed by atoms with Crippen LogP contribution >= 0.6 is 0 Å². The van der Waals surface area contributed by atoms with E-state index in [0.29, 0.717) is 6.54 Å². The number of nitrogens with one attached hydrogen (secondary N) is 1. The predicted molar refractivity (Wildman–Crippen MR) is 87.4 cm³/mol. The van der Waals surface area contributed by atoms with Gasteiger partial charge in [-0.2, -0.15) is 0 Å². The van der Waals surface area contributed by atoms with Crippen LogP contribution < -0.4 is 10.1 Å². The molecule has 2 aromatic rings. The molecule has 0 radical (unpaired) electrons. The lowest BCUT2D eigenvalue weighted by atomic mass is 10.1. The molecular formula is C17H20N2O4. The smallest absolute Gasteiger partial charge is 0.269 e. The van der Waals surface area contributed by atoms with Crippen molar-refractivity contribution in [2.45, 2.75) is 19.5 Å². The summed E-state index contributed by atoms with van der Waals surface area (Å²) < 4.78 is 5.50. The Morgan fingerprint density at radius 1 is 1.26 bits per heavy atom. The second kappa shape index (κ2) is 8.26. The summed E-state index contributed by atoms with van der Waals surface area (Å²) in [4.78, 5) is 10.5. The maximum absolute atomic E-state index is 10.8. The standard InChI is InChI=1S/C17H20N2O4/c1-13(14-6-4-7-16(11-14)19(21)22)18-12-15-5-2-3-8-17(15)23-10-9-20/h2-8,11,13,18,20H,9-10,12H2,1H3. The molecule has 0 aromatic heterocycles. The molecule has 0 aliphatic heterocycles. The lowest BCUT2D eigenvalue weighted by Gasteiger charge is -2.16. The number of aliphatic hydroxyl groups is 1. The normalized spacial score (nSPS) is 11.9. The van der Waals surface area contributed by atoms with E-state index in [0.717, 1.165) is 16.9 Å². The summed E-state index contributed by atoms with van der Waals surface area (Å²) >= 11 is 0. The highest BCUT2D eigenvalue weighted by atomic mass is 16.6. The summed E-state index contributed by atoms with van der Waals surface area (Å²) in [5, 5.41) is 23.0. The topological polar surface area (TPSA) is 84.6 Å². The number of hydrogen-bond donors (Lipinski definition) is 2. The maximum atomic E-state index is 10.8. The average Bonchev–Trinajstić information content (AvgIpc) is 2.58. The Bertz CT molecular complexity index is 661. The predicted octanol–water partition coefficient (Wildman–Crippen LogP) is 2.82.